The van der Waals surface area contributed by atoms with Gasteiger partial charge in [-0.1, -0.05) is 54.6 Å². The van der Waals surface area contributed by atoms with E-state index in [1.807, 2.05) is 48.5 Å². The normalized spacial score (nSPS) is 17.6. The maximum Gasteiger partial charge on any atom is 0.326 e. The molecular formula is C36H39FN2O6. The van der Waals surface area contributed by atoms with Gasteiger partial charge >= 0.3 is 5.97 Å². The predicted octanol–water partition coefficient (Wildman–Crippen LogP) is 6.01. The van der Waals surface area contributed by atoms with E-state index in [1.165, 1.54) is 12.1 Å². The van der Waals surface area contributed by atoms with Crippen molar-refractivity contribution in [1.29, 1.82) is 0 Å². The second-order valence-electron chi connectivity index (χ2n) is 11.6. The van der Waals surface area contributed by atoms with Gasteiger partial charge in [0.15, 0.2) is 0 Å². The van der Waals surface area contributed by atoms with Gasteiger partial charge in [-0.3, -0.25) is 9.69 Å². The van der Waals surface area contributed by atoms with E-state index in [0.717, 1.165) is 46.1 Å². The van der Waals surface area contributed by atoms with Crippen LogP contribution in [0.1, 0.15) is 40.9 Å². The Balaban J connectivity index is 1.53. The second kappa shape index (κ2) is 13.7. The van der Waals surface area contributed by atoms with Crippen LogP contribution in [0.2, 0.25) is 0 Å². The number of morpholine rings is 1. The van der Waals surface area contributed by atoms with E-state index < -0.39 is 23.7 Å². The minimum atomic E-state index is -1.28. The Hall–Kier alpha value is -4.47. The number of methoxy groups -OCH3 is 2. The number of halogens is 1. The predicted molar refractivity (Wildman–Crippen MR) is 172 cm³/mol. The Bertz CT molecular complexity index is 1690. The van der Waals surface area contributed by atoms with Crippen molar-refractivity contribution in [3.63, 3.8) is 0 Å². The molecule has 236 valence electrons. The van der Waals surface area contributed by atoms with E-state index in [1.54, 1.807) is 27.2 Å². The van der Waals surface area contributed by atoms with E-state index in [9.17, 15) is 19.1 Å². The third kappa shape index (κ3) is 6.79. The van der Waals surface area contributed by atoms with Gasteiger partial charge in [0.25, 0.3) is 5.91 Å². The first-order chi connectivity index (χ1) is 21.6. The quantitative estimate of drug-likeness (QED) is 0.226. The van der Waals surface area contributed by atoms with Gasteiger partial charge in [-0.2, -0.15) is 0 Å². The van der Waals surface area contributed by atoms with Crippen LogP contribution in [0.15, 0.2) is 66.7 Å². The number of amides is 1. The van der Waals surface area contributed by atoms with E-state index in [2.05, 4.69) is 24.1 Å². The van der Waals surface area contributed by atoms with Crippen molar-refractivity contribution in [2.75, 3.05) is 27.3 Å². The summed E-state index contributed by atoms with van der Waals surface area (Å²) in [6.45, 7) is 8.06. The summed E-state index contributed by atoms with van der Waals surface area (Å²) in [5, 5.41) is 14.3. The molecule has 0 aliphatic carbocycles. The van der Waals surface area contributed by atoms with Crippen LogP contribution in [-0.2, 0) is 22.5 Å². The Morgan fingerprint density at radius 2 is 1.64 bits per heavy atom. The lowest BCUT2D eigenvalue weighted by Gasteiger charge is -2.35. The highest BCUT2D eigenvalue weighted by atomic mass is 19.1. The van der Waals surface area contributed by atoms with Crippen molar-refractivity contribution in [1.82, 2.24) is 10.2 Å². The van der Waals surface area contributed by atoms with Gasteiger partial charge in [0.1, 0.15) is 23.4 Å². The molecule has 0 spiro atoms. The maximum atomic E-state index is 14.5. The van der Waals surface area contributed by atoms with Gasteiger partial charge < -0.3 is 24.6 Å². The summed E-state index contributed by atoms with van der Waals surface area (Å²) in [6, 6.07) is 18.5. The SMILES string of the molecule is COc1ccc(CN2C[C@@H](C)O[C@@H](C)C2)c(OC)c1-c1cccc2c(C[C@H](NC(=O)c3c(C)cccc3F)C(=O)O)cccc12. The van der Waals surface area contributed by atoms with Gasteiger partial charge in [0.05, 0.1) is 37.6 Å². The third-order valence-corrected chi connectivity index (χ3v) is 8.27. The summed E-state index contributed by atoms with van der Waals surface area (Å²) < 4.78 is 32.3. The van der Waals surface area contributed by atoms with Crippen LogP contribution in [0.4, 0.5) is 4.39 Å². The number of carbonyl (C=O) groups is 2. The number of carbonyl (C=O) groups excluding carboxylic acids is 1. The first-order valence-electron chi connectivity index (χ1n) is 15.0. The van der Waals surface area contributed by atoms with Crippen LogP contribution in [0.3, 0.4) is 0 Å². The fraction of sp³-hybridized carbons (Fsp3) is 0.333. The number of nitrogens with one attached hydrogen (secondary N) is 1. The first kappa shape index (κ1) is 31.9. The minimum absolute atomic E-state index is 0.00290. The lowest BCUT2D eigenvalue weighted by atomic mass is 9.91. The Morgan fingerprint density at radius 3 is 2.31 bits per heavy atom. The summed E-state index contributed by atoms with van der Waals surface area (Å²) in [7, 11) is 3.28. The number of hydrogen-bond acceptors (Lipinski definition) is 6. The number of carboxylic acids is 1. The van der Waals surface area contributed by atoms with Gasteiger partial charge in [0.2, 0.25) is 0 Å². The largest absolute Gasteiger partial charge is 0.496 e. The van der Waals surface area contributed by atoms with Crippen molar-refractivity contribution in [3.8, 4) is 22.6 Å². The molecule has 1 heterocycles. The average molecular weight is 615 g/mol. The van der Waals surface area contributed by atoms with E-state index in [-0.39, 0.29) is 24.2 Å². The molecule has 0 bridgehead atoms. The zero-order chi connectivity index (χ0) is 32.2. The average Bonchev–Trinajstić information content (AvgIpc) is 2.99. The lowest BCUT2D eigenvalue weighted by molar-refractivity contribution is -0.139. The molecule has 4 aromatic rings. The van der Waals surface area contributed by atoms with Crippen molar-refractivity contribution >= 4 is 22.6 Å². The van der Waals surface area contributed by atoms with Crippen molar-refractivity contribution in [3.05, 3.63) is 94.8 Å². The summed E-state index contributed by atoms with van der Waals surface area (Å²) in [5.41, 5.74) is 3.66. The molecule has 4 aromatic carbocycles. The van der Waals surface area contributed by atoms with E-state index in [4.69, 9.17) is 14.2 Å². The molecular weight excluding hydrogens is 575 g/mol. The van der Waals surface area contributed by atoms with Crippen molar-refractivity contribution in [2.45, 2.75) is 52.0 Å². The number of aryl methyl sites for hydroxylation is 1. The lowest BCUT2D eigenvalue weighted by Crippen LogP contribution is -2.44. The number of hydrogen-bond donors (Lipinski definition) is 2. The number of nitrogens with zero attached hydrogens (tertiary/aromatic N) is 1. The fourth-order valence-electron chi connectivity index (χ4n) is 6.39. The van der Waals surface area contributed by atoms with Gasteiger partial charge in [-0.05, 0) is 60.4 Å². The van der Waals surface area contributed by atoms with Crippen LogP contribution >= 0.6 is 0 Å². The molecule has 2 N–H and O–H groups in total. The highest BCUT2D eigenvalue weighted by Crippen LogP contribution is 2.44. The van der Waals surface area contributed by atoms with Gasteiger partial charge in [-0.25, -0.2) is 9.18 Å². The molecule has 5 rings (SSSR count). The molecule has 0 saturated carbocycles. The monoisotopic (exact) mass is 614 g/mol. The number of carboxylic acid groups (broad SMARTS) is 1. The summed E-state index contributed by atoms with van der Waals surface area (Å²) in [4.78, 5) is 27.7. The molecule has 0 aromatic heterocycles. The topological polar surface area (TPSA) is 97.3 Å². The molecule has 0 radical (unpaired) electrons. The number of rotatable bonds is 10. The molecule has 1 amide bonds. The fourth-order valence-corrected chi connectivity index (χ4v) is 6.39. The summed E-state index contributed by atoms with van der Waals surface area (Å²) >= 11 is 0. The van der Waals surface area contributed by atoms with Gasteiger partial charge in [-0.15, -0.1) is 0 Å². The van der Waals surface area contributed by atoms with E-state index in [0.29, 0.717) is 23.6 Å². The number of aliphatic carboxylic acids is 1. The van der Waals surface area contributed by atoms with E-state index >= 15 is 0 Å². The van der Waals surface area contributed by atoms with Crippen LogP contribution in [0, 0.1) is 12.7 Å². The zero-order valence-electron chi connectivity index (χ0n) is 26.2. The smallest absolute Gasteiger partial charge is 0.326 e. The Kier molecular flexibility index (Phi) is 9.70. The highest BCUT2D eigenvalue weighted by Gasteiger charge is 2.27. The standard InChI is InChI=1S/C36H39FN2O6/c1-21-9-6-14-29(37)32(21)35(40)38-30(36(41)42)17-24-10-7-12-27-26(24)11-8-13-28(27)33-31(43-4)16-15-25(34(33)44-5)20-39-18-22(2)45-23(3)19-39/h6-16,22-23,30H,17-20H2,1-5H3,(H,38,40)(H,41,42)/t22-,23+,30-/m0/s1. The molecule has 0 unspecified atom stereocenters. The van der Waals surface area contributed by atoms with Crippen LogP contribution in [0.25, 0.3) is 21.9 Å². The zero-order valence-corrected chi connectivity index (χ0v) is 26.2. The Morgan fingerprint density at radius 1 is 0.956 bits per heavy atom. The first-order valence-corrected chi connectivity index (χ1v) is 15.0. The molecule has 1 aliphatic heterocycles. The molecule has 1 fully saturated rings. The molecule has 1 saturated heterocycles. The minimum Gasteiger partial charge on any atom is -0.496 e. The number of fused-ring (bicyclic) bond motifs is 1. The maximum absolute atomic E-state index is 14.5. The summed E-state index contributed by atoms with van der Waals surface area (Å²) in [5.74, 6) is -1.33. The second-order valence-corrected chi connectivity index (χ2v) is 11.6. The molecule has 1 aliphatic rings. The Labute approximate surface area is 262 Å². The number of benzene rings is 4. The van der Waals surface area contributed by atoms with Gasteiger partial charge in [0, 0.05) is 31.6 Å². The number of ether oxygens (including phenoxy) is 3. The van der Waals surface area contributed by atoms with Crippen molar-refractivity contribution < 1.29 is 33.3 Å². The highest BCUT2D eigenvalue weighted by molar-refractivity contribution is 6.02. The molecule has 9 heteroatoms. The molecule has 8 nitrogen and oxygen atoms in total. The van der Waals surface area contributed by atoms with Crippen molar-refractivity contribution in [2.24, 2.45) is 0 Å². The molecule has 3 atom stereocenters. The van der Waals surface area contributed by atoms with Crippen LogP contribution in [0.5, 0.6) is 11.5 Å². The molecule has 45 heavy (non-hydrogen) atoms. The van der Waals surface area contributed by atoms with Crippen LogP contribution in [-0.4, -0.2) is 67.4 Å². The van der Waals surface area contributed by atoms with Crippen LogP contribution < -0.4 is 14.8 Å². The summed E-state index contributed by atoms with van der Waals surface area (Å²) in [6.07, 6.45) is 0.255. The third-order valence-electron chi connectivity index (χ3n) is 8.27.